The highest BCUT2D eigenvalue weighted by Gasteiger charge is 2.21. The molecule has 33 heavy (non-hydrogen) atoms. The van der Waals surface area contributed by atoms with Gasteiger partial charge in [0.05, 0.1) is 41.1 Å². The minimum absolute atomic E-state index is 0.290. The largest absolute Gasteiger partial charge is 0.378 e. The number of morpholine rings is 1. The summed E-state index contributed by atoms with van der Waals surface area (Å²) in [4.78, 5) is 27.2. The fourth-order valence-electron chi connectivity index (χ4n) is 4.12. The molecule has 5 rings (SSSR count). The van der Waals surface area contributed by atoms with Crippen molar-refractivity contribution < 1.29 is 13.9 Å². The van der Waals surface area contributed by atoms with E-state index in [1.807, 2.05) is 18.2 Å². The summed E-state index contributed by atoms with van der Waals surface area (Å²) in [6, 6.07) is 13.8. The van der Waals surface area contributed by atoms with Gasteiger partial charge in [0.2, 0.25) is 0 Å². The molecule has 0 aliphatic carbocycles. The number of anilines is 1. The molecule has 0 N–H and O–H groups in total. The molecular formula is C25H20ClFN4O2. The van der Waals surface area contributed by atoms with Crippen LogP contribution in [0.25, 0.3) is 22.2 Å². The number of carbonyl (C=O) groups excluding carboxylic acids is 1. The fourth-order valence-corrected chi connectivity index (χ4v) is 4.36. The number of nitrogens with zero attached hydrogens (tertiary/aromatic N) is 4. The number of hydrogen-bond acceptors (Lipinski definition) is 6. The van der Waals surface area contributed by atoms with Crippen LogP contribution in [-0.2, 0) is 9.53 Å². The molecule has 6 nitrogen and oxygen atoms in total. The Morgan fingerprint density at radius 2 is 1.91 bits per heavy atom. The second kappa shape index (κ2) is 9.21. The molecule has 8 heteroatoms. The first-order valence-electron chi connectivity index (χ1n) is 10.6. The van der Waals surface area contributed by atoms with E-state index in [4.69, 9.17) is 16.3 Å². The van der Waals surface area contributed by atoms with Gasteiger partial charge in [-0.2, -0.15) is 0 Å². The van der Waals surface area contributed by atoms with Gasteiger partial charge in [-0.15, -0.1) is 0 Å². The van der Waals surface area contributed by atoms with E-state index in [9.17, 15) is 9.18 Å². The van der Waals surface area contributed by atoms with E-state index < -0.39 is 11.7 Å². The summed E-state index contributed by atoms with van der Waals surface area (Å²) in [7, 11) is 0. The molecule has 166 valence electrons. The third-order valence-electron chi connectivity index (χ3n) is 5.82. The summed E-state index contributed by atoms with van der Waals surface area (Å²) in [6.45, 7) is 2.99. The zero-order valence-corrected chi connectivity index (χ0v) is 18.4. The van der Waals surface area contributed by atoms with Crippen molar-refractivity contribution in [3.63, 3.8) is 0 Å². The molecule has 1 saturated heterocycles. The molecule has 0 bridgehead atoms. The van der Waals surface area contributed by atoms with Crippen LogP contribution in [0.2, 0.25) is 5.02 Å². The standard InChI is InChI=1S/C25H20ClFN4O2/c26-21-2-1-7-28-25(21)20(14-32)16-3-6-22(27)19(12-16)24-18-5-4-17(13-23(18)29-15-30-24)31-8-10-33-11-9-31/h1-7,12-15,20H,8-11H2. The molecule has 4 aromatic rings. The number of benzene rings is 2. The Kier molecular flexibility index (Phi) is 5.98. The summed E-state index contributed by atoms with van der Waals surface area (Å²) in [5.74, 6) is -1.16. The number of rotatable bonds is 5. The molecule has 1 fully saturated rings. The van der Waals surface area contributed by atoms with Gasteiger partial charge in [0.25, 0.3) is 0 Å². The van der Waals surface area contributed by atoms with Crippen molar-refractivity contribution in [2.45, 2.75) is 5.92 Å². The monoisotopic (exact) mass is 462 g/mol. The number of ether oxygens (including phenoxy) is 1. The zero-order valence-electron chi connectivity index (χ0n) is 17.6. The predicted octanol–water partition coefficient (Wildman–Crippen LogP) is 4.65. The average molecular weight is 463 g/mol. The van der Waals surface area contributed by atoms with Crippen molar-refractivity contribution in [1.82, 2.24) is 15.0 Å². The first kappa shape index (κ1) is 21.4. The first-order chi connectivity index (χ1) is 16.2. The van der Waals surface area contributed by atoms with Gasteiger partial charge in [-0.05, 0) is 48.0 Å². The summed E-state index contributed by atoms with van der Waals surface area (Å²) in [5, 5.41) is 1.10. The van der Waals surface area contributed by atoms with Gasteiger partial charge in [0, 0.05) is 35.9 Å². The topological polar surface area (TPSA) is 68.2 Å². The molecule has 0 spiro atoms. The normalized spacial score (nSPS) is 14.9. The number of hydrogen-bond donors (Lipinski definition) is 0. The lowest BCUT2D eigenvalue weighted by molar-refractivity contribution is -0.108. The summed E-state index contributed by atoms with van der Waals surface area (Å²) < 4.78 is 20.4. The number of pyridine rings is 1. The van der Waals surface area contributed by atoms with E-state index >= 15 is 0 Å². The molecule has 1 unspecified atom stereocenters. The van der Waals surface area contributed by atoms with Gasteiger partial charge in [0.15, 0.2) is 0 Å². The van der Waals surface area contributed by atoms with Gasteiger partial charge in [-0.1, -0.05) is 17.7 Å². The lowest BCUT2D eigenvalue weighted by Crippen LogP contribution is -2.36. The fraction of sp³-hybridized carbons (Fsp3) is 0.200. The van der Waals surface area contributed by atoms with Gasteiger partial charge in [-0.3, -0.25) is 4.98 Å². The molecule has 3 heterocycles. The summed E-state index contributed by atoms with van der Waals surface area (Å²) in [5.41, 5.74) is 3.51. The molecule has 0 amide bonds. The van der Waals surface area contributed by atoms with Crippen molar-refractivity contribution in [2.75, 3.05) is 31.2 Å². The van der Waals surface area contributed by atoms with Crippen molar-refractivity contribution in [3.8, 4) is 11.3 Å². The molecule has 2 aromatic heterocycles. The quantitative estimate of drug-likeness (QED) is 0.402. The smallest absolute Gasteiger partial charge is 0.133 e. The number of aldehydes is 1. The van der Waals surface area contributed by atoms with Crippen LogP contribution < -0.4 is 4.90 Å². The Hall–Kier alpha value is -3.42. The molecule has 0 radical (unpaired) electrons. The molecule has 0 saturated carbocycles. The van der Waals surface area contributed by atoms with Crippen LogP contribution in [-0.4, -0.2) is 47.5 Å². The zero-order chi connectivity index (χ0) is 22.8. The highest BCUT2D eigenvalue weighted by atomic mass is 35.5. The highest BCUT2D eigenvalue weighted by molar-refractivity contribution is 6.31. The second-order valence-corrected chi connectivity index (χ2v) is 8.15. The third kappa shape index (κ3) is 4.17. The maximum Gasteiger partial charge on any atom is 0.133 e. The van der Waals surface area contributed by atoms with Crippen LogP contribution in [0.5, 0.6) is 0 Å². The van der Waals surface area contributed by atoms with E-state index in [-0.39, 0.29) is 5.56 Å². The number of halogens is 2. The lowest BCUT2D eigenvalue weighted by atomic mass is 9.93. The third-order valence-corrected chi connectivity index (χ3v) is 6.14. The van der Waals surface area contributed by atoms with E-state index in [0.29, 0.717) is 40.7 Å². The number of carbonyl (C=O) groups is 1. The van der Waals surface area contributed by atoms with Crippen molar-refractivity contribution in [1.29, 1.82) is 0 Å². The summed E-state index contributed by atoms with van der Waals surface area (Å²) >= 11 is 6.26. The Balaban J connectivity index is 1.58. The van der Waals surface area contributed by atoms with E-state index in [1.165, 1.54) is 12.4 Å². The Morgan fingerprint density at radius 3 is 2.70 bits per heavy atom. The first-order valence-corrected chi connectivity index (χ1v) is 11.0. The number of aromatic nitrogens is 3. The van der Waals surface area contributed by atoms with E-state index in [0.717, 1.165) is 30.4 Å². The highest BCUT2D eigenvalue weighted by Crippen LogP contribution is 2.34. The molecule has 2 aromatic carbocycles. The molecule has 1 aliphatic rings. The number of fused-ring (bicyclic) bond motifs is 1. The second-order valence-electron chi connectivity index (χ2n) is 7.75. The van der Waals surface area contributed by atoms with E-state index in [2.05, 4.69) is 19.9 Å². The SMILES string of the molecule is O=CC(c1ccc(F)c(-c2ncnc3cc(N4CCOCC4)ccc23)c1)c1ncccc1Cl. The van der Waals surface area contributed by atoms with Gasteiger partial charge < -0.3 is 14.4 Å². The Morgan fingerprint density at radius 1 is 1.06 bits per heavy atom. The van der Waals surface area contributed by atoms with Crippen LogP contribution in [0.15, 0.2) is 61.1 Å². The lowest BCUT2D eigenvalue weighted by Gasteiger charge is -2.29. The van der Waals surface area contributed by atoms with Crippen molar-refractivity contribution >= 4 is 34.5 Å². The van der Waals surface area contributed by atoms with Crippen LogP contribution in [0.4, 0.5) is 10.1 Å². The molecule has 1 atom stereocenters. The van der Waals surface area contributed by atoms with Crippen molar-refractivity contribution in [2.24, 2.45) is 0 Å². The van der Waals surface area contributed by atoms with Crippen LogP contribution in [0, 0.1) is 5.82 Å². The summed E-state index contributed by atoms with van der Waals surface area (Å²) in [6.07, 6.45) is 3.77. The van der Waals surface area contributed by atoms with Gasteiger partial charge in [-0.25, -0.2) is 14.4 Å². The minimum atomic E-state index is -0.723. The molecular weight excluding hydrogens is 443 g/mol. The predicted molar refractivity (Wildman–Crippen MR) is 125 cm³/mol. The molecule has 1 aliphatic heterocycles. The van der Waals surface area contributed by atoms with Crippen LogP contribution >= 0.6 is 11.6 Å². The van der Waals surface area contributed by atoms with E-state index in [1.54, 1.807) is 30.5 Å². The average Bonchev–Trinajstić information content (AvgIpc) is 2.86. The minimum Gasteiger partial charge on any atom is -0.378 e. The maximum atomic E-state index is 15.0. The van der Waals surface area contributed by atoms with Crippen LogP contribution in [0.3, 0.4) is 0 Å². The Labute approximate surface area is 195 Å². The van der Waals surface area contributed by atoms with Gasteiger partial charge >= 0.3 is 0 Å². The maximum absolute atomic E-state index is 15.0. The van der Waals surface area contributed by atoms with Gasteiger partial charge in [0.1, 0.15) is 18.4 Å². The van der Waals surface area contributed by atoms with Crippen molar-refractivity contribution in [3.05, 3.63) is 83.2 Å². The van der Waals surface area contributed by atoms with Crippen LogP contribution in [0.1, 0.15) is 17.2 Å². The Bertz CT molecular complexity index is 1330.